The monoisotopic (exact) mass is 600 g/mol. The first-order valence-electron chi connectivity index (χ1n) is 13.2. The molecule has 0 radical (unpaired) electrons. The number of nitrogens with one attached hydrogen (secondary N) is 3. The van der Waals surface area contributed by atoms with Crippen LogP contribution in [0.4, 0.5) is 17.8 Å². The summed E-state index contributed by atoms with van der Waals surface area (Å²) in [5.41, 5.74) is 0.901. The highest BCUT2D eigenvalue weighted by molar-refractivity contribution is 7.89. The summed E-state index contributed by atoms with van der Waals surface area (Å²) in [6.07, 6.45) is 3.72. The molecule has 0 amide bonds. The lowest BCUT2D eigenvalue weighted by atomic mass is 10.2. The Morgan fingerprint density at radius 2 is 1.85 bits per heavy atom. The SMILES string of the molecule is CCCCNc1nc(NCc2csc(-c3cccs3)n2)nc(N2CCC[C@@H]2CNS(=O)(=O)c2ccc(O)cc2)n1. The molecule has 1 aromatic carbocycles. The van der Waals surface area contributed by atoms with Crippen molar-refractivity contribution < 1.29 is 13.5 Å². The molecule has 4 heterocycles. The summed E-state index contributed by atoms with van der Waals surface area (Å²) >= 11 is 3.27. The highest BCUT2D eigenvalue weighted by Crippen LogP contribution is 2.28. The molecule has 0 aliphatic carbocycles. The standard InChI is InChI=1S/C26H32N8O3S3/c1-2-3-12-27-24-31-25(28-15-18-17-39-23(30-18)22-7-5-14-38-22)33-26(32-24)34-13-4-6-19(34)16-29-40(36,37)21-10-8-20(35)9-11-21/h5,7-11,14,17,19,29,35H,2-4,6,12-13,15-16H2,1H3,(H2,27,28,31,32,33)/t19-/m1/s1. The van der Waals surface area contributed by atoms with Gasteiger partial charge in [-0.2, -0.15) is 15.0 Å². The molecule has 1 aliphatic heterocycles. The Balaban J connectivity index is 1.30. The van der Waals surface area contributed by atoms with E-state index in [9.17, 15) is 13.5 Å². The van der Waals surface area contributed by atoms with Crippen molar-refractivity contribution in [2.45, 2.75) is 50.1 Å². The van der Waals surface area contributed by atoms with Crippen molar-refractivity contribution in [2.24, 2.45) is 0 Å². The largest absolute Gasteiger partial charge is 0.508 e. The summed E-state index contributed by atoms with van der Waals surface area (Å²) in [5, 5.41) is 21.1. The van der Waals surface area contributed by atoms with E-state index in [1.54, 1.807) is 22.7 Å². The quantitative estimate of drug-likeness (QED) is 0.161. The number of hydrogen-bond acceptors (Lipinski definition) is 12. The second-order valence-electron chi connectivity index (χ2n) is 9.37. The van der Waals surface area contributed by atoms with Crippen molar-refractivity contribution in [1.29, 1.82) is 0 Å². The van der Waals surface area contributed by atoms with Crippen molar-refractivity contribution in [3.8, 4) is 15.6 Å². The summed E-state index contributed by atoms with van der Waals surface area (Å²) in [6.45, 7) is 4.25. The molecular formula is C26H32N8O3S3. The average molecular weight is 601 g/mol. The van der Waals surface area contributed by atoms with Crippen molar-refractivity contribution >= 4 is 50.5 Å². The number of aromatic nitrogens is 4. The van der Waals surface area contributed by atoms with E-state index >= 15 is 0 Å². The van der Waals surface area contributed by atoms with E-state index < -0.39 is 10.0 Å². The zero-order chi connectivity index (χ0) is 28.0. The van der Waals surface area contributed by atoms with Gasteiger partial charge in [0.25, 0.3) is 0 Å². The third kappa shape index (κ3) is 7.05. The lowest BCUT2D eigenvalue weighted by Gasteiger charge is -2.25. The van der Waals surface area contributed by atoms with Gasteiger partial charge in [-0.05, 0) is 55.0 Å². The molecule has 212 valence electrons. The van der Waals surface area contributed by atoms with Gasteiger partial charge in [-0.1, -0.05) is 19.4 Å². The lowest BCUT2D eigenvalue weighted by Crippen LogP contribution is -2.41. The third-order valence-electron chi connectivity index (χ3n) is 6.44. The lowest BCUT2D eigenvalue weighted by molar-refractivity contribution is 0.474. The minimum atomic E-state index is -3.73. The molecule has 11 nitrogen and oxygen atoms in total. The van der Waals surface area contributed by atoms with E-state index in [-0.39, 0.29) is 23.2 Å². The van der Waals surface area contributed by atoms with Gasteiger partial charge >= 0.3 is 0 Å². The molecule has 14 heteroatoms. The van der Waals surface area contributed by atoms with Gasteiger partial charge in [0.15, 0.2) is 0 Å². The second-order valence-corrected chi connectivity index (χ2v) is 12.9. The van der Waals surface area contributed by atoms with Crippen LogP contribution in [-0.2, 0) is 16.6 Å². The minimum Gasteiger partial charge on any atom is -0.508 e. The van der Waals surface area contributed by atoms with Crippen molar-refractivity contribution in [3.63, 3.8) is 0 Å². The number of benzene rings is 1. The summed E-state index contributed by atoms with van der Waals surface area (Å²) in [7, 11) is -3.73. The Labute approximate surface area is 241 Å². The highest BCUT2D eigenvalue weighted by Gasteiger charge is 2.29. The Morgan fingerprint density at radius 1 is 1.05 bits per heavy atom. The molecule has 4 N–H and O–H groups in total. The molecular weight excluding hydrogens is 569 g/mol. The van der Waals surface area contributed by atoms with Gasteiger partial charge in [0.2, 0.25) is 27.9 Å². The molecule has 4 aromatic rings. The van der Waals surface area contributed by atoms with Crippen LogP contribution >= 0.6 is 22.7 Å². The number of aromatic hydroxyl groups is 1. The van der Waals surface area contributed by atoms with Gasteiger partial charge < -0.3 is 20.6 Å². The number of phenols is 1. The Kier molecular flexibility index (Phi) is 9.09. The zero-order valence-electron chi connectivity index (χ0n) is 22.1. The summed E-state index contributed by atoms with van der Waals surface area (Å²) in [4.78, 5) is 22.0. The zero-order valence-corrected chi connectivity index (χ0v) is 24.5. The van der Waals surface area contributed by atoms with E-state index in [0.717, 1.165) is 47.8 Å². The third-order valence-corrected chi connectivity index (χ3v) is 9.81. The molecule has 5 rings (SSSR count). The van der Waals surface area contributed by atoms with E-state index in [0.29, 0.717) is 30.9 Å². The molecule has 0 saturated carbocycles. The van der Waals surface area contributed by atoms with Gasteiger partial charge in [-0.25, -0.2) is 18.1 Å². The van der Waals surface area contributed by atoms with Crippen LogP contribution in [0.1, 0.15) is 38.3 Å². The van der Waals surface area contributed by atoms with E-state index in [1.165, 1.54) is 24.3 Å². The fourth-order valence-corrected chi connectivity index (χ4v) is 7.03. The number of phenolic OH excluding ortho intramolecular Hbond substituents is 1. The minimum absolute atomic E-state index is 0.0150. The van der Waals surface area contributed by atoms with Crippen molar-refractivity contribution in [3.05, 3.63) is 52.9 Å². The van der Waals surface area contributed by atoms with Crippen LogP contribution < -0.4 is 20.3 Å². The van der Waals surface area contributed by atoms with E-state index in [1.807, 2.05) is 21.7 Å². The highest BCUT2D eigenvalue weighted by atomic mass is 32.2. The molecule has 0 unspecified atom stereocenters. The van der Waals surface area contributed by atoms with Crippen LogP contribution in [0.2, 0.25) is 0 Å². The summed E-state index contributed by atoms with van der Waals surface area (Å²) < 4.78 is 28.3. The molecule has 0 bridgehead atoms. The van der Waals surface area contributed by atoms with Gasteiger partial charge in [0.1, 0.15) is 10.8 Å². The molecule has 40 heavy (non-hydrogen) atoms. The maximum atomic E-state index is 12.8. The summed E-state index contributed by atoms with van der Waals surface area (Å²) in [6, 6.07) is 9.45. The first-order chi connectivity index (χ1) is 19.4. The molecule has 1 saturated heterocycles. The molecule has 3 aromatic heterocycles. The Morgan fingerprint density at radius 3 is 2.60 bits per heavy atom. The topological polar surface area (TPSA) is 145 Å². The number of hydrogen-bond donors (Lipinski definition) is 4. The maximum Gasteiger partial charge on any atom is 0.240 e. The number of rotatable bonds is 13. The van der Waals surface area contributed by atoms with Gasteiger partial charge in [0, 0.05) is 31.1 Å². The first kappa shape index (κ1) is 28.2. The van der Waals surface area contributed by atoms with Gasteiger partial charge in [-0.15, -0.1) is 22.7 Å². The fourth-order valence-electron chi connectivity index (χ4n) is 4.33. The number of thiazole rings is 1. The van der Waals surface area contributed by atoms with Crippen LogP contribution in [-0.4, -0.2) is 59.1 Å². The fraction of sp³-hybridized carbons (Fsp3) is 0.385. The van der Waals surface area contributed by atoms with Crippen LogP contribution in [0.3, 0.4) is 0 Å². The van der Waals surface area contributed by atoms with Crippen LogP contribution in [0, 0.1) is 0 Å². The van der Waals surface area contributed by atoms with Crippen LogP contribution in [0.15, 0.2) is 52.1 Å². The average Bonchev–Trinajstić information content (AvgIpc) is 3.73. The van der Waals surface area contributed by atoms with Gasteiger partial charge in [-0.3, -0.25) is 0 Å². The second kappa shape index (κ2) is 12.9. The van der Waals surface area contributed by atoms with E-state index in [2.05, 4.69) is 38.3 Å². The molecule has 1 fully saturated rings. The number of unbranched alkanes of at least 4 members (excludes halogenated alkanes) is 1. The number of sulfonamides is 1. The number of thiophene rings is 1. The van der Waals surface area contributed by atoms with Crippen LogP contribution in [0.25, 0.3) is 9.88 Å². The molecule has 0 spiro atoms. The Bertz CT molecular complexity index is 1490. The number of anilines is 3. The normalized spacial score (nSPS) is 15.4. The molecule has 1 atom stereocenters. The van der Waals surface area contributed by atoms with Gasteiger partial charge in [0.05, 0.1) is 22.0 Å². The van der Waals surface area contributed by atoms with E-state index in [4.69, 9.17) is 9.97 Å². The smallest absolute Gasteiger partial charge is 0.240 e. The van der Waals surface area contributed by atoms with Crippen LogP contribution in [0.5, 0.6) is 5.75 Å². The van der Waals surface area contributed by atoms with Crippen molar-refractivity contribution in [1.82, 2.24) is 24.7 Å². The maximum absolute atomic E-state index is 12.8. The predicted octanol–water partition coefficient (Wildman–Crippen LogP) is 4.53. The predicted molar refractivity (Wildman–Crippen MR) is 160 cm³/mol. The first-order valence-corrected chi connectivity index (χ1v) is 16.4. The molecule has 1 aliphatic rings. The Hall–Kier alpha value is -3.33. The summed E-state index contributed by atoms with van der Waals surface area (Å²) in [5.74, 6) is 1.43. The van der Waals surface area contributed by atoms with Crippen molar-refractivity contribution in [2.75, 3.05) is 35.2 Å². The number of nitrogens with zero attached hydrogens (tertiary/aromatic N) is 5.